The van der Waals surface area contributed by atoms with Gasteiger partial charge in [0.05, 0.1) is 0 Å². The number of piperazine rings is 1. The molecule has 0 unspecified atom stereocenters. The van der Waals surface area contributed by atoms with Gasteiger partial charge < -0.3 is 10.4 Å². The van der Waals surface area contributed by atoms with E-state index in [1.807, 2.05) is 6.08 Å². The van der Waals surface area contributed by atoms with Crippen LogP contribution in [-0.2, 0) is 0 Å². The first-order valence-corrected chi connectivity index (χ1v) is 6.26. The van der Waals surface area contributed by atoms with Crippen molar-refractivity contribution in [2.45, 2.75) is 12.5 Å². The minimum absolute atomic E-state index is 0.139. The van der Waals surface area contributed by atoms with Crippen molar-refractivity contribution in [3.8, 4) is 5.75 Å². The Balaban J connectivity index is 2.22. The van der Waals surface area contributed by atoms with E-state index in [9.17, 15) is 9.50 Å². The first kappa shape index (κ1) is 13.1. The van der Waals surface area contributed by atoms with Gasteiger partial charge in [-0.3, -0.25) is 4.90 Å². The molecule has 1 aliphatic rings. The summed E-state index contributed by atoms with van der Waals surface area (Å²) in [5.74, 6) is -0.854. The number of phenolic OH excluding ortho intramolecular Hbond substituents is 1. The maximum absolute atomic E-state index is 13.4. The molecule has 1 aromatic rings. The molecule has 1 fully saturated rings. The van der Waals surface area contributed by atoms with Crippen LogP contribution in [0.1, 0.15) is 18.0 Å². The summed E-state index contributed by atoms with van der Waals surface area (Å²) >= 11 is 0. The molecule has 0 radical (unpaired) electrons. The Morgan fingerprint density at radius 3 is 2.78 bits per heavy atom. The third kappa shape index (κ3) is 2.89. The molecule has 4 heteroatoms. The van der Waals surface area contributed by atoms with E-state index in [1.54, 1.807) is 6.07 Å². The van der Waals surface area contributed by atoms with Crippen molar-refractivity contribution in [1.82, 2.24) is 10.2 Å². The predicted molar refractivity (Wildman–Crippen MR) is 70.1 cm³/mol. The zero-order chi connectivity index (χ0) is 13.0. The van der Waals surface area contributed by atoms with Gasteiger partial charge in [-0.15, -0.1) is 6.58 Å². The van der Waals surface area contributed by atoms with Gasteiger partial charge in [-0.25, -0.2) is 4.39 Å². The van der Waals surface area contributed by atoms with Crippen molar-refractivity contribution < 1.29 is 9.50 Å². The standard InChI is InChI=1S/C14H19FN2O/c1-2-3-13(17-8-6-16-7-9-17)11-4-5-14(18)12(15)10-11/h2,4-5,10,13,16,18H,1,3,6-9H2/t13-/m1/s1. The molecule has 0 amide bonds. The molecule has 0 bridgehead atoms. The van der Waals surface area contributed by atoms with Gasteiger partial charge in [-0.1, -0.05) is 12.1 Å². The van der Waals surface area contributed by atoms with Crippen LogP contribution in [0.5, 0.6) is 5.75 Å². The van der Waals surface area contributed by atoms with E-state index < -0.39 is 5.82 Å². The molecule has 2 N–H and O–H groups in total. The van der Waals surface area contributed by atoms with Crippen LogP contribution >= 0.6 is 0 Å². The average Bonchev–Trinajstić information content (AvgIpc) is 2.40. The second kappa shape index (κ2) is 5.98. The van der Waals surface area contributed by atoms with Crippen molar-refractivity contribution >= 4 is 0 Å². The molecule has 3 nitrogen and oxygen atoms in total. The molecule has 1 aliphatic heterocycles. The molecule has 0 spiro atoms. The average molecular weight is 250 g/mol. The summed E-state index contributed by atoms with van der Waals surface area (Å²) in [4.78, 5) is 2.32. The zero-order valence-electron chi connectivity index (χ0n) is 10.4. The molecule has 1 heterocycles. The third-order valence-corrected chi connectivity index (χ3v) is 3.34. The van der Waals surface area contributed by atoms with E-state index in [2.05, 4.69) is 16.8 Å². The number of aromatic hydroxyl groups is 1. The number of hydrogen-bond acceptors (Lipinski definition) is 3. The van der Waals surface area contributed by atoms with Crippen LogP contribution in [0.4, 0.5) is 4.39 Å². The van der Waals surface area contributed by atoms with E-state index in [-0.39, 0.29) is 11.8 Å². The zero-order valence-corrected chi connectivity index (χ0v) is 10.4. The monoisotopic (exact) mass is 250 g/mol. The van der Waals surface area contributed by atoms with Crippen LogP contribution in [0.2, 0.25) is 0 Å². The highest BCUT2D eigenvalue weighted by molar-refractivity contribution is 5.30. The number of nitrogens with zero attached hydrogens (tertiary/aromatic N) is 1. The predicted octanol–water partition coefficient (Wildman–Crippen LogP) is 2.05. The molecule has 2 rings (SSSR count). The second-order valence-electron chi connectivity index (χ2n) is 4.54. The SMILES string of the molecule is C=CC[C@H](c1ccc(O)c(F)c1)N1CCNCC1. The number of phenols is 1. The van der Waals surface area contributed by atoms with Gasteiger partial charge >= 0.3 is 0 Å². The van der Waals surface area contributed by atoms with Crippen LogP contribution in [0.3, 0.4) is 0 Å². The second-order valence-corrected chi connectivity index (χ2v) is 4.54. The summed E-state index contributed by atoms with van der Waals surface area (Å²) in [5, 5.41) is 12.5. The summed E-state index contributed by atoms with van der Waals surface area (Å²) < 4.78 is 13.4. The van der Waals surface area contributed by atoms with Gasteiger partial charge in [0.15, 0.2) is 11.6 Å². The van der Waals surface area contributed by atoms with Crippen molar-refractivity contribution in [1.29, 1.82) is 0 Å². The van der Waals surface area contributed by atoms with E-state index in [1.165, 1.54) is 12.1 Å². The Kier molecular flexibility index (Phi) is 4.33. The van der Waals surface area contributed by atoms with E-state index in [4.69, 9.17) is 0 Å². The van der Waals surface area contributed by atoms with Crippen molar-refractivity contribution in [2.24, 2.45) is 0 Å². The molecule has 18 heavy (non-hydrogen) atoms. The van der Waals surface area contributed by atoms with Crippen LogP contribution in [0.25, 0.3) is 0 Å². The topological polar surface area (TPSA) is 35.5 Å². The molecular weight excluding hydrogens is 231 g/mol. The Morgan fingerprint density at radius 2 is 2.17 bits per heavy atom. The lowest BCUT2D eigenvalue weighted by Crippen LogP contribution is -2.45. The fraction of sp³-hybridized carbons (Fsp3) is 0.429. The quantitative estimate of drug-likeness (QED) is 0.803. The summed E-state index contributed by atoms with van der Waals surface area (Å²) in [5.41, 5.74) is 0.895. The highest BCUT2D eigenvalue weighted by atomic mass is 19.1. The Labute approximate surface area is 107 Å². The first-order chi connectivity index (χ1) is 8.72. The molecule has 98 valence electrons. The van der Waals surface area contributed by atoms with Gasteiger partial charge in [0.1, 0.15) is 0 Å². The first-order valence-electron chi connectivity index (χ1n) is 6.26. The summed E-state index contributed by atoms with van der Waals surface area (Å²) in [6, 6.07) is 4.77. The van der Waals surface area contributed by atoms with E-state index in [0.29, 0.717) is 0 Å². The van der Waals surface area contributed by atoms with Crippen molar-refractivity contribution in [2.75, 3.05) is 26.2 Å². The minimum Gasteiger partial charge on any atom is -0.505 e. The molecule has 1 atom stereocenters. The van der Waals surface area contributed by atoms with Crippen molar-refractivity contribution in [3.05, 3.63) is 42.2 Å². The number of nitrogens with one attached hydrogen (secondary N) is 1. The Bertz CT molecular complexity index is 416. The molecule has 0 aliphatic carbocycles. The Morgan fingerprint density at radius 1 is 1.44 bits per heavy atom. The van der Waals surface area contributed by atoms with Gasteiger partial charge in [0.2, 0.25) is 0 Å². The summed E-state index contributed by atoms with van der Waals surface area (Å²) in [7, 11) is 0. The number of benzene rings is 1. The smallest absolute Gasteiger partial charge is 0.165 e. The van der Waals surface area contributed by atoms with Crippen molar-refractivity contribution in [3.63, 3.8) is 0 Å². The van der Waals surface area contributed by atoms with Crippen LogP contribution in [0, 0.1) is 5.82 Å². The van der Waals surface area contributed by atoms with Gasteiger partial charge in [-0.2, -0.15) is 0 Å². The molecule has 0 aromatic heterocycles. The fourth-order valence-electron chi connectivity index (χ4n) is 2.38. The molecular formula is C14H19FN2O. The van der Waals surface area contributed by atoms with Crippen LogP contribution < -0.4 is 5.32 Å². The number of halogens is 1. The van der Waals surface area contributed by atoms with E-state index in [0.717, 1.165) is 38.2 Å². The third-order valence-electron chi connectivity index (χ3n) is 3.34. The maximum atomic E-state index is 13.4. The Hall–Kier alpha value is -1.39. The molecule has 1 saturated heterocycles. The van der Waals surface area contributed by atoms with Gasteiger partial charge in [-0.05, 0) is 24.1 Å². The lowest BCUT2D eigenvalue weighted by molar-refractivity contribution is 0.174. The fourth-order valence-corrected chi connectivity index (χ4v) is 2.38. The van der Waals surface area contributed by atoms with Gasteiger partial charge in [0, 0.05) is 32.2 Å². The summed E-state index contributed by atoms with van der Waals surface area (Å²) in [6.07, 6.45) is 2.64. The van der Waals surface area contributed by atoms with E-state index >= 15 is 0 Å². The summed E-state index contributed by atoms with van der Waals surface area (Å²) in [6.45, 7) is 7.57. The molecule has 1 aromatic carbocycles. The van der Waals surface area contributed by atoms with Gasteiger partial charge in [0.25, 0.3) is 0 Å². The number of hydrogen-bond donors (Lipinski definition) is 2. The van der Waals surface area contributed by atoms with Crippen LogP contribution in [-0.4, -0.2) is 36.2 Å². The highest BCUT2D eigenvalue weighted by Crippen LogP contribution is 2.28. The molecule has 0 saturated carbocycles. The lowest BCUT2D eigenvalue weighted by Gasteiger charge is -2.34. The minimum atomic E-state index is -0.559. The number of rotatable bonds is 4. The largest absolute Gasteiger partial charge is 0.505 e. The normalized spacial score (nSPS) is 18.5. The van der Waals surface area contributed by atoms with Crippen LogP contribution in [0.15, 0.2) is 30.9 Å². The highest BCUT2D eigenvalue weighted by Gasteiger charge is 2.21. The lowest BCUT2D eigenvalue weighted by atomic mass is 10.0. The maximum Gasteiger partial charge on any atom is 0.165 e.